The van der Waals surface area contributed by atoms with Crippen molar-refractivity contribution in [2.45, 2.75) is 6.92 Å². The molecule has 0 aliphatic carbocycles. The molecular formula is C12H6Cl2N4O. The normalized spacial score (nSPS) is 8.84. The fourth-order valence-corrected chi connectivity index (χ4v) is 1.67. The first-order valence-corrected chi connectivity index (χ1v) is 5.61. The van der Waals surface area contributed by atoms with Crippen LogP contribution in [0.2, 0.25) is 10.0 Å². The second-order valence-corrected chi connectivity index (χ2v) is 4.19. The number of rotatable bonds is 2. The van der Waals surface area contributed by atoms with Gasteiger partial charge in [-0.15, -0.1) is 0 Å². The second kappa shape index (κ2) is 5.98. The van der Waals surface area contributed by atoms with E-state index in [1.54, 1.807) is 25.1 Å². The number of aromatic hydroxyl groups is 1. The fraction of sp³-hybridized carbons (Fsp3) is 0.0833. The minimum absolute atomic E-state index is 0.0303. The Labute approximate surface area is 119 Å². The van der Waals surface area contributed by atoms with Crippen molar-refractivity contribution in [3.63, 3.8) is 0 Å². The minimum Gasteiger partial charge on any atom is -0.504 e. The van der Waals surface area contributed by atoms with Gasteiger partial charge in [-0.25, -0.2) is 0 Å². The molecule has 0 bridgehead atoms. The maximum absolute atomic E-state index is 9.82. The molecule has 0 saturated carbocycles. The van der Waals surface area contributed by atoms with Gasteiger partial charge in [0.2, 0.25) is 0 Å². The molecular weight excluding hydrogens is 287 g/mol. The minimum atomic E-state index is -0.408. The van der Waals surface area contributed by atoms with Gasteiger partial charge < -0.3 is 10.4 Å². The molecule has 0 amide bonds. The fourth-order valence-electron chi connectivity index (χ4n) is 1.22. The number of phenols is 1. The summed E-state index contributed by atoms with van der Waals surface area (Å²) < 4.78 is 0. The molecule has 0 unspecified atom stereocenters. The van der Waals surface area contributed by atoms with E-state index in [1.165, 1.54) is 6.07 Å². The number of nitriles is 3. The van der Waals surface area contributed by atoms with Crippen molar-refractivity contribution in [3.05, 3.63) is 32.9 Å². The van der Waals surface area contributed by atoms with Gasteiger partial charge in [-0.05, 0) is 18.6 Å². The molecule has 5 nitrogen and oxygen atoms in total. The Balaban J connectivity index is 3.38. The zero-order valence-corrected chi connectivity index (χ0v) is 11.1. The van der Waals surface area contributed by atoms with Crippen LogP contribution in [0.5, 0.6) is 5.75 Å². The predicted molar refractivity (Wildman–Crippen MR) is 70.4 cm³/mol. The number of phenolic OH excluding ortho intramolecular Hbond substituents is 1. The molecule has 0 aliphatic rings. The van der Waals surface area contributed by atoms with Gasteiger partial charge in [0.25, 0.3) is 0 Å². The van der Waals surface area contributed by atoms with Gasteiger partial charge in [0, 0.05) is 5.02 Å². The number of nitrogens with one attached hydrogen (secondary N) is 1. The largest absolute Gasteiger partial charge is 0.504 e. The average Bonchev–Trinajstić information content (AvgIpc) is 2.42. The van der Waals surface area contributed by atoms with Crippen LogP contribution >= 0.6 is 23.2 Å². The van der Waals surface area contributed by atoms with Crippen LogP contribution in [0.4, 0.5) is 5.69 Å². The molecule has 7 heteroatoms. The topological polar surface area (TPSA) is 104 Å². The van der Waals surface area contributed by atoms with Crippen LogP contribution < -0.4 is 5.32 Å². The van der Waals surface area contributed by atoms with Crippen molar-refractivity contribution in [1.29, 1.82) is 15.8 Å². The predicted octanol–water partition coefficient (Wildman–Crippen LogP) is 3.24. The van der Waals surface area contributed by atoms with Crippen LogP contribution in [0.25, 0.3) is 0 Å². The molecule has 94 valence electrons. The Morgan fingerprint density at radius 3 is 2.26 bits per heavy atom. The van der Waals surface area contributed by atoms with E-state index >= 15 is 0 Å². The Hall–Kier alpha value is -2.39. The smallest absolute Gasteiger partial charge is 0.163 e. The first-order chi connectivity index (χ1) is 8.96. The van der Waals surface area contributed by atoms with Gasteiger partial charge in [0.15, 0.2) is 11.3 Å². The number of anilines is 1. The molecule has 1 aromatic rings. The van der Waals surface area contributed by atoms with Crippen LogP contribution in [-0.2, 0) is 0 Å². The molecule has 19 heavy (non-hydrogen) atoms. The average molecular weight is 293 g/mol. The monoisotopic (exact) mass is 292 g/mol. The van der Waals surface area contributed by atoms with E-state index in [9.17, 15) is 5.11 Å². The van der Waals surface area contributed by atoms with E-state index in [0.29, 0.717) is 5.56 Å². The second-order valence-electron chi connectivity index (χ2n) is 3.40. The maximum Gasteiger partial charge on any atom is 0.163 e. The van der Waals surface area contributed by atoms with E-state index in [-0.39, 0.29) is 27.2 Å². The van der Waals surface area contributed by atoms with Crippen molar-refractivity contribution < 1.29 is 5.11 Å². The highest BCUT2D eigenvalue weighted by Crippen LogP contribution is 2.39. The van der Waals surface area contributed by atoms with Crippen LogP contribution in [-0.4, -0.2) is 5.11 Å². The van der Waals surface area contributed by atoms with Crippen LogP contribution in [0.3, 0.4) is 0 Å². The number of nitrogens with zero attached hydrogens (tertiary/aromatic N) is 3. The van der Waals surface area contributed by atoms with E-state index < -0.39 is 5.57 Å². The maximum atomic E-state index is 9.82. The Bertz CT molecular complexity index is 674. The Kier molecular flexibility index (Phi) is 4.62. The summed E-state index contributed by atoms with van der Waals surface area (Å²) in [4.78, 5) is 0. The summed E-state index contributed by atoms with van der Waals surface area (Å²) >= 11 is 11.8. The number of halogens is 2. The Morgan fingerprint density at radius 1 is 1.21 bits per heavy atom. The molecule has 1 aromatic carbocycles. The first kappa shape index (κ1) is 14.7. The molecule has 0 radical (unpaired) electrons. The molecule has 2 N–H and O–H groups in total. The SMILES string of the molecule is Cc1c(Cl)cc(NC(C#N)=C(C#N)C#N)c(O)c1Cl. The Morgan fingerprint density at radius 2 is 1.79 bits per heavy atom. The van der Waals surface area contributed by atoms with E-state index in [0.717, 1.165) is 0 Å². The van der Waals surface area contributed by atoms with Crippen molar-refractivity contribution in [1.82, 2.24) is 0 Å². The molecule has 1 rings (SSSR count). The molecule has 0 atom stereocenters. The van der Waals surface area contributed by atoms with Crippen LogP contribution in [0.1, 0.15) is 5.56 Å². The first-order valence-electron chi connectivity index (χ1n) is 4.85. The van der Waals surface area contributed by atoms with E-state index in [4.69, 9.17) is 39.0 Å². The lowest BCUT2D eigenvalue weighted by Gasteiger charge is -2.11. The molecule has 0 heterocycles. The summed E-state index contributed by atoms with van der Waals surface area (Å²) in [5.74, 6) is -0.313. The van der Waals surface area contributed by atoms with Crippen molar-refractivity contribution in [3.8, 4) is 24.0 Å². The van der Waals surface area contributed by atoms with Gasteiger partial charge in [-0.3, -0.25) is 0 Å². The van der Waals surface area contributed by atoms with Crippen molar-refractivity contribution in [2.75, 3.05) is 5.32 Å². The third-order valence-corrected chi connectivity index (χ3v) is 3.12. The van der Waals surface area contributed by atoms with Gasteiger partial charge in [-0.1, -0.05) is 23.2 Å². The lowest BCUT2D eigenvalue weighted by molar-refractivity contribution is 0.477. The number of hydrogen-bond acceptors (Lipinski definition) is 5. The lowest BCUT2D eigenvalue weighted by atomic mass is 10.2. The number of allylic oxidation sites excluding steroid dienone is 2. The standard InChI is InChI=1S/C12H6Cl2N4O/c1-6-8(13)2-9(12(19)11(6)14)18-10(5-17)7(3-15)4-16/h2,18-19H,1H3. The van der Waals surface area contributed by atoms with Gasteiger partial charge in [0.1, 0.15) is 23.9 Å². The zero-order chi connectivity index (χ0) is 14.6. The highest BCUT2D eigenvalue weighted by molar-refractivity contribution is 6.37. The third-order valence-electron chi connectivity index (χ3n) is 2.27. The van der Waals surface area contributed by atoms with Crippen LogP contribution in [0.15, 0.2) is 17.3 Å². The van der Waals surface area contributed by atoms with Gasteiger partial charge in [0.05, 0.1) is 10.7 Å². The summed E-state index contributed by atoms with van der Waals surface area (Å²) in [6.45, 7) is 1.62. The molecule has 0 aromatic heterocycles. The zero-order valence-electron chi connectivity index (χ0n) is 9.62. The van der Waals surface area contributed by atoms with E-state index in [1.807, 2.05) is 0 Å². The highest BCUT2D eigenvalue weighted by Gasteiger charge is 2.15. The summed E-state index contributed by atoms with van der Waals surface area (Å²) in [5.41, 5.74) is -0.180. The van der Waals surface area contributed by atoms with Gasteiger partial charge in [-0.2, -0.15) is 15.8 Å². The summed E-state index contributed by atoms with van der Waals surface area (Å²) in [6.07, 6.45) is 0. The lowest BCUT2D eigenvalue weighted by Crippen LogP contribution is -2.01. The molecule has 0 saturated heterocycles. The number of benzene rings is 1. The summed E-state index contributed by atoms with van der Waals surface area (Å²) in [7, 11) is 0. The number of hydrogen-bond donors (Lipinski definition) is 2. The quantitative estimate of drug-likeness (QED) is 0.643. The summed E-state index contributed by atoms with van der Waals surface area (Å²) in [5, 5.41) is 38.9. The van der Waals surface area contributed by atoms with Crippen molar-refractivity contribution >= 4 is 28.9 Å². The summed E-state index contributed by atoms with van der Waals surface area (Å²) in [6, 6.07) is 6.15. The molecule has 0 fully saturated rings. The van der Waals surface area contributed by atoms with Crippen LogP contribution in [0, 0.1) is 40.9 Å². The highest BCUT2D eigenvalue weighted by atomic mass is 35.5. The van der Waals surface area contributed by atoms with E-state index in [2.05, 4.69) is 5.32 Å². The third kappa shape index (κ3) is 2.89. The van der Waals surface area contributed by atoms with Gasteiger partial charge >= 0.3 is 0 Å². The molecule has 0 spiro atoms. The van der Waals surface area contributed by atoms with Crippen molar-refractivity contribution in [2.24, 2.45) is 0 Å². The molecule has 0 aliphatic heterocycles.